The van der Waals surface area contributed by atoms with E-state index in [1.165, 1.54) is 36.7 Å². The number of carbonyl (C=O) groups is 3. The maximum absolute atomic E-state index is 13.0. The lowest BCUT2D eigenvalue weighted by molar-refractivity contribution is 0.0697. The van der Waals surface area contributed by atoms with Crippen molar-refractivity contribution in [1.29, 1.82) is 5.41 Å². The zero-order valence-electron chi connectivity index (χ0n) is 18.8. The number of nitrogens with two attached hydrogens (primary N) is 1. The molecule has 9 heteroatoms. The lowest BCUT2D eigenvalue weighted by Crippen LogP contribution is -2.27. The van der Waals surface area contributed by atoms with Crippen LogP contribution in [0.3, 0.4) is 0 Å². The average Bonchev–Trinajstić information content (AvgIpc) is 2.82. The predicted octanol–water partition coefficient (Wildman–Crippen LogP) is 3.37. The minimum absolute atomic E-state index is 0.0863. The molecule has 0 fully saturated rings. The molecule has 3 aromatic rings. The molecule has 1 aromatic heterocycles. The monoisotopic (exact) mass is 459 g/mol. The second-order valence-corrected chi connectivity index (χ2v) is 8.04. The Labute approximate surface area is 196 Å². The number of nitrogens with zero attached hydrogens (tertiary/aromatic N) is 1. The summed E-state index contributed by atoms with van der Waals surface area (Å²) in [5.74, 6) is -1.92. The molecule has 1 heterocycles. The van der Waals surface area contributed by atoms with Crippen molar-refractivity contribution in [3.05, 3.63) is 83.2 Å². The Morgan fingerprint density at radius 1 is 0.971 bits per heavy atom. The number of aromatic carboxylic acids is 1. The molecule has 0 unspecified atom stereocenters. The third-order valence-corrected chi connectivity index (χ3v) is 4.99. The molecule has 9 nitrogen and oxygen atoms in total. The number of hydrogen-bond acceptors (Lipinski definition) is 5. The molecule has 6 N–H and O–H groups in total. The Morgan fingerprint density at radius 2 is 1.65 bits per heavy atom. The number of pyridine rings is 1. The number of nitrogens with one attached hydrogen (secondary N) is 3. The molecule has 3 rings (SSSR count). The van der Waals surface area contributed by atoms with E-state index in [2.05, 4.69) is 15.6 Å². The van der Waals surface area contributed by atoms with Gasteiger partial charge in [0.15, 0.2) is 0 Å². The Kier molecular flexibility index (Phi) is 7.37. The van der Waals surface area contributed by atoms with Gasteiger partial charge in [0.2, 0.25) is 0 Å². The number of nitrogen functional groups attached to an aromatic ring is 1. The van der Waals surface area contributed by atoms with Crippen LogP contribution in [-0.2, 0) is 0 Å². The summed E-state index contributed by atoms with van der Waals surface area (Å²) in [5, 5.41) is 22.8. The molecule has 0 aliphatic rings. The lowest BCUT2D eigenvalue weighted by atomic mass is 9.94. The number of rotatable bonds is 8. The first-order chi connectivity index (χ1) is 16.2. The van der Waals surface area contributed by atoms with E-state index in [0.29, 0.717) is 23.4 Å². The third kappa shape index (κ3) is 5.63. The number of amidine groups is 1. The maximum atomic E-state index is 13.0. The Hall–Kier alpha value is -4.53. The van der Waals surface area contributed by atoms with Crippen molar-refractivity contribution in [2.75, 3.05) is 11.9 Å². The molecular weight excluding hydrogens is 434 g/mol. The summed E-state index contributed by atoms with van der Waals surface area (Å²) in [6.07, 6.45) is 2.85. The molecule has 0 aliphatic heterocycles. The van der Waals surface area contributed by atoms with Gasteiger partial charge in [-0.3, -0.25) is 20.0 Å². The SMILES string of the molecule is CC(C)CNC(=O)c1ccc(-c2cnccc2C(=O)Nc2ccc(C(=N)N)cc2)c(C(=O)O)c1. The van der Waals surface area contributed by atoms with E-state index in [1.54, 1.807) is 24.3 Å². The maximum Gasteiger partial charge on any atom is 0.336 e. The molecule has 0 aliphatic carbocycles. The van der Waals surface area contributed by atoms with Crippen LogP contribution in [0.1, 0.15) is 50.5 Å². The van der Waals surface area contributed by atoms with Gasteiger partial charge in [-0.25, -0.2) is 4.79 Å². The predicted molar refractivity (Wildman–Crippen MR) is 129 cm³/mol. The first kappa shape index (κ1) is 24.1. The van der Waals surface area contributed by atoms with Gasteiger partial charge in [-0.1, -0.05) is 19.9 Å². The largest absolute Gasteiger partial charge is 0.478 e. The van der Waals surface area contributed by atoms with E-state index in [1.807, 2.05) is 13.8 Å². The fourth-order valence-corrected chi connectivity index (χ4v) is 3.23. The highest BCUT2D eigenvalue weighted by Crippen LogP contribution is 2.28. The first-order valence-electron chi connectivity index (χ1n) is 10.5. The van der Waals surface area contributed by atoms with Crippen LogP contribution in [0.15, 0.2) is 60.9 Å². The quantitative estimate of drug-likeness (QED) is 0.257. The second kappa shape index (κ2) is 10.4. The smallest absolute Gasteiger partial charge is 0.336 e. The molecule has 34 heavy (non-hydrogen) atoms. The number of carboxylic acids is 1. The minimum Gasteiger partial charge on any atom is -0.478 e. The van der Waals surface area contributed by atoms with Crippen LogP contribution >= 0.6 is 0 Å². The van der Waals surface area contributed by atoms with E-state index in [9.17, 15) is 19.5 Å². The van der Waals surface area contributed by atoms with Crippen molar-refractivity contribution in [3.8, 4) is 11.1 Å². The summed E-state index contributed by atoms with van der Waals surface area (Å²) in [7, 11) is 0. The molecule has 174 valence electrons. The Morgan fingerprint density at radius 3 is 2.26 bits per heavy atom. The van der Waals surface area contributed by atoms with Crippen LogP contribution in [0.5, 0.6) is 0 Å². The average molecular weight is 460 g/mol. The van der Waals surface area contributed by atoms with Gasteiger partial charge in [0.05, 0.1) is 11.1 Å². The van der Waals surface area contributed by atoms with Crippen LogP contribution in [0.4, 0.5) is 5.69 Å². The normalized spacial score (nSPS) is 10.6. The fourth-order valence-electron chi connectivity index (χ4n) is 3.23. The van der Waals surface area contributed by atoms with Gasteiger partial charge >= 0.3 is 5.97 Å². The van der Waals surface area contributed by atoms with Gasteiger partial charge in [0.25, 0.3) is 11.8 Å². The molecule has 0 atom stereocenters. The Bertz CT molecular complexity index is 1250. The third-order valence-electron chi connectivity index (χ3n) is 4.99. The zero-order valence-corrected chi connectivity index (χ0v) is 18.8. The van der Waals surface area contributed by atoms with Gasteiger partial charge in [0, 0.05) is 41.3 Å². The summed E-state index contributed by atoms with van der Waals surface area (Å²) in [6.45, 7) is 4.38. The van der Waals surface area contributed by atoms with Gasteiger partial charge < -0.3 is 21.5 Å². The van der Waals surface area contributed by atoms with Gasteiger partial charge in [0.1, 0.15) is 5.84 Å². The number of benzene rings is 2. The summed E-state index contributed by atoms with van der Waals surface area (Å²) in [6, 6.07) is 12.3. The minimum atomic E-state index is -1.23. The molecule has 2 aromatic carbocycles. The Balaban J connectivity index is 1.94. The van der Waals surface area contributed by atoms with Gasteiger partial charge in [-0.15, -0.1) is 0 Å². The van der Waals surface area contributed by atoms with Crippen molar-refractivity contribution in [3.63, 3.8) is 0 Å². The van der Waals surface area contributed by atoms with E-state index in [0.717, 1.165) is 0 Å². The van der Waals surface area contributed by atoms with E-state index >= 15 is 0 Å². The highest BCUT2D eigenvalue weighted by Gasteiger charge is 2.20. The fraction of sp³-hybridized carbons (Fsp3) is 0.160. The number of aromatic nitrogens is 1. The van der Waals surface area contributed by atoms with Crippen LogP contribution in [0, 0.1) is 11.3 Å². The molecular formula is C25H25N5O4. The first-order valence-corrected chi connectivity index (χ1v) is 10.5. The summed E-state index contributed by atoms with van der Waals surface area (Å²) < 4.78 is 0. The van der Waals surface area contributed by atoms with Crippen molar-refractivity contribution >= 4 is 29.3 Å². The number of anilines is 1. The molecule has 0 radical (unpaired) electrons. The number of amides is 2. The van der Waals surface area contributed by atoms with Gasteiger partial charge in [-0.05, 0) is 53.9 Å². The van der Waals surface area contributed by atoms with Crippen molar-refractivity contribution in [1.82, 2.24) is 10.3 Å². The van der Waals surface area contributed by atoms with Crippen molar-refractivity contribution in [2.45, 2.75) is 13.8 Å². The topological polar surface area (TPSA) is 158 Å². The van der Waals surface area contributed by atoms with Crippen LogP contribution < -0.4 is 16.4 Å². The van der Waals surface area contributed by atoms with Crippen LogP contribution in [0.2, 0.25) is 0 Å². The van der Waals surface area contributed by atoms with E-state index in [-0.39, 0.29) is 39.9 Å². The molecule has 0 bridgehead atoms. The zero-order chi connectivity index (χ0) is 24.8. The standard InChI is InChI=1S/C25H25N5O4/c1-14(2)12-29-23(31)16-5-8-18(20(11-16)25(33)34)21-13-28-10-9-19(21)24(32)30-17-6-3-15(4-7-17)22(26)27/h3-11,13-14H,12H2,1-2H3,(H3,26,27)(H,29,31)(H,30,32)(H,33,34). The highest BCUT2D eigenvalue weighted by molar-refractivity contribution is 6.11. The summed E-state index contributed by atoms with van der Waals surface area (Å²) in [5.41, 5.74) is 7.33. The second-order valence-electron chi connectivity index (χ2n) is 8.04. The molecule has 2 amide bonds. The molecule has 0 saturated heterocycles. The van der Waals surface area contributed by atoms with E-state index in [4.69, 9.17) is 11.1 Å². The highest BCUT2D eigenvalue weighted by atomic mass is 16.4. The van der Waals surface area contributed by atoms with Crippen molar-refractivity contribution in [2.24, 2.45) is 11.7 Å². The van der Waals surface area contributed by atoms with Crippen LogP contribution in [0.25, 0.3) is 11.1 Å². The van der Waals surface area contributed by atoms with Crippen molar-refractivity contribution < 1.29 is 19.5 Å². The molecule has 0 spiro atoms. The lowest BCUT2D eigenvalue weighted by Gasteiger charge is -2.14. The summed E-state index contributed by atoms with van der Waals surface area (Å²) >= 11 is 0. The van der Waals surface area contributed by atoms with Gasteiger partial charge in [-0.2, -0.15) is 0 Å². The summed E-state index contributed by atoms with van der Waals surface area (Å²) in [4.78, 5) is 41.5. The van der Waals surface area contributed by atoms with E-state index < -0.39 is 11.9 Å². The number of carbonyl (C=O) groups excluding carboxylic acids is 2. The molecule has 0 saturated carbocycles. The number of carboxylic acid groups (broad SMARTS) is 1. The van der Waals surface area contributed by atoms with Crippen LogP contribution in [-0.4, -0.2) is 40.3 Å². The number of hydrogen-bond donors (Lipinski definition) is 5.